The molecule has 10 nitrogen and oxygen atoms in total. The molecule has 1 aromatic heterocycles. The SMILES string of the molecule is CON(C)c1nc(C)nc(NNC(=O)[C@H](CCC2CCCC2)CN(O)C=O)c1F. The third kappa shape index (κ3) is 6.50. The molecular weight excluding hydrogens is 383 g/mol. The molecule has 0 aliphatic heterocycles. The Bertz CT molecular complexity index is 701. The average molecular weight is 412 g/mol. The number of nitrogens with one attached hydrogen (secondary N) is 2. The molecule has 3 N–H and O–H groups in total. The Kier molecular flexibility index (Phi) is 8.52. The maximum absolute atomic E-state index is 14.6. The number of hydrazine groups is 1. The van der Waals surface area contributed by atoms with Crippen LogP contribution in [0.2, 0.25) is 0 Å². The smallest absolute Gasteiger partial charge is 0.243 e. The number of carbonyl (C=O) groups is 2. The molecule has 0 spiro atoms. The second kappa shape index (κ2) is 10.9. The van der Waals surface area contributed by atoms with Gasteiger partial charge >= 0.3 is 0 Å². The van der Waals surface area contributed by atoms with Crippen LogP contribution >= 0.6 is 0 Å². The van der Waals surface area contributed by atoms with Crippen LogP contribution in [0, 0.1) is 24.6 Å². The van der Waals surface area contributed by atoms with E-state index in [0.717, 1.165) is 24.3 Å². The van der Waals surface area contributed by atoms with Crippen molar-refractivity contribution in [3.63, 3.8) is 0 Å². The van der Waals surface area contributed by atoms with Gasteiger partial charge in [-0.1, -0.05) is 25.7 Å². The van der Waals surface area contributed by atoms with E-state index < -0.39 is 17.6 Å². The van der Waals surface area contributed by atoms with Crippen molar-refractivity contribution < 1.29 is 24.0 Å². The van der Waals surface area contributed by atoms with Gasteiger partial charge < -0.3 is 0 Å². The summed E-state index contributed by atoms with van der Waals surface area (Å²) in [5.74, 6) is -1.38. The molecule has 1 heterocycles. The fraction of sp³-hybridized carbons (Fsp3) is 0.667. The van der Waals surface area contributed by atoms with E-state index in [1.54, 1.807) is 6.92 Å². The number of hydroxylamine groups is 3. The molecule has 0 radical (unpaired) electrons. The van der Waals surface area contributed by atoms with Crippen molar-refractivity contribution in [3.05, 3.63) is 11.6 Å². The van der Waals surface area contributed by atoms with E-state index in [-0.39, 0.29) is 30.4 Å². The molecule has 1 aromatic rings. The summed E-state index contributed by atoms with van der Waals surface area (Å²) >= 11 is 0. The number of hydrogen-bond donors (Lipinski definition) is 3. The van der Waals surface area contributed by atoms with Gasteiger partial charge in [-0.3, -0.25) is 30.5 Å². The minimum absolute atomic E-state index is 0.0861. The van der Waals surface area contributed by atoms with Gasteiger partial charge in [-0.05, 0) is 25.7 Å². The Hall–Kier alpha value is -2.53. The Morgan fingerprint density at radius 1 is 1.41 bits per heavy atom. The summed E-state index contributed by atoms with van der Waals surface area (Å²) in [7, 11) is 2.86. The monoisotopic (exact) mass is 412 g/mol. The molecule has 29 heavy (non-hydrogen) atoms. The normalized spacial score (nSPS) is 15.1. The fourth-order valence-electron chi connectivity index (χ4n) is 3.45. The molecule has 1 aliphatic rings. The van der Waals surface area contributed by atoms with E-state index in [1.165, 1.54) is 27.0 Å². The molecule has 1 aliphatic carbocycles. The van der Waals surface area contributed by atoms with Crippen molar-refractivity contribution in [3.8, 4) is 0 Å². The van der Waals surface area contributed by atoms with E-state index in [1.807, 2.05) is 0 Å². The molecule has 11 heteroatoms. The van der Waals surface area contributed by atoms with E-state index in [4.69, 9.17) is 4.84 Å². The van der Waals surface area contributed by atoms with Crippen molar-refractivity contribution in [1.29, 1.82) is 0 Å². The minimum Gasteiger partial charge on any atom is -0.286 e. The quantitative estimate of drug-likeness (QED) is 0.286. The van der Waals surface area contributed by atoms with Gasteiger partial charge in [0.1, 0.15) is 5.82 Å². The zero-order valence-corrected chi connectivity index (χ0v) is 17.0. The van der Waals surface area contributed by atoms with E-state index >= 15 is 0 Å². The Labute approximate surface area is 169 Å². The maximum atomic E-state index is 14.6. The van der Waals surface area contributed by atoms with Crippen molar-refractivity contribution in [2.45, 2.75) is 45.4 Å². The largest absolute Gasteiger partial charge is 0.286 e. The van der Waals surface area contributed by atoms with Crippen LogP contribution < -0.4 is 15.9 Å². The number of nitrogens with zero attached hydrogens (tertiary/aromatic N) is 4. The highest BCUT2D eigenvalue weighted by molar-refractivity contribution is 5.80. The molecule has 2 rings (SSSR count). The van der Waals surface area contributed by atoms with Gasteiger partial charge in [0.2, 0.25) is 18.1 Å². The first-order chi connectivity index (χ1) is 13.8. The lowest BCUT2D eigenvalue weighted by Gasteiger charge is -2.22. The summed E-state index contributed by atoms with van der Waals surface area (Å²) in [6.07, 6.45) is 6.22. The van der Waals surface area contributed by atoms with Crippen molar-refractivity contribution in [1.82, 2.24) is 20.5 Å². The first-order valence-corrected chi connectivity index (χ1v) is 9.64. The van der Waals surface area contributed by atoms with Crippen LogP contribution in [0.15, 0.2) is 0 Å². The van der Waals surface area contributed by atoms with E-state index in [0.29, 0.717) is 17.4 Å². The summed E-state index contributed by atoms with van der Waals surface area (Å²) in [6.45, 7) is 1.43. The van der Waals surface area contributed by atoms with Crippen LogP contribution in [0.5, 0.6) is 0 Å². The van der Waals surface area contributed by atoms with Gasteiger partial charge in [0.25, 0.3) is 0 Å². The molecule has 0 unspecified atom stereocenters. The predicted molar refractivity (Wildman–Crippen MR) is 103 cm³/mol. The number of anilines is 2. The number of halogens is 1. The molecule has 162 valence electrons. The van der Waals surface area contributed by atoms with Gasteiger partial charge in [0.15, 0.2) is 11.6 Å². The fourth-order valence-corrected chi connectivity index (χ4v) is 3.45. The number of aryl methyl sites for hydroxylation is 1. The molecule has 2 amide bonds. The highest BCUT2D eigenvalue weighted by atomic mass is 19.1. The van der Waals surface area contributed by atoms with E-state index in [2.05, 4.69) is 20.8 Å². The first kappa shape index (κ1) is 22.8. The average Bonchev–Trinajstić information content (AvgIpc) is 3.23. The number of amides is 2. The second-order valence-electron chi connectivity index (χ2n) is 7.20. The number of hydrogen-bond acceptors (Lipinski definition) is 8. The van der Waals surface area contributed by atoms with Gasteiger partial charge in [0.05, 0.1) is 19.6 Å². The number of carbonyl (C=O) groups excluding carboxylic acids is 2. The van der Waals surface area contributed by atoms with Crippen LogP contribution in [0.4, 0.5) is 16.0 Å². The Morgan fingerprint density at radius 3 is 2.72 bits per heavy atom. The van der Waals surface area contributed by atoms with E-state index in [9.17, 15) is 19.2 Å². The maximum Gasteiger partial charge on any atom is 0.243 e. The minimum atomic E-state index is -0.792. The van der Waals surface area contributed by atoms with Crippen LogP contribution in [0.25, 0.3) is 0 Å². The van der Waals surface area contributed by atoms with Crippen LogP contribution in [0.3, 0.4) is 0 Å². The lowest BCUT2D eigenvalue weighted by Crippen LogP contribution is -2.40. The molecule has 0 saturated heterocycles. The Balaban J connectivity index is 2.04. The Morgan fingerprint density at radius 2 is 2.10 bits per heavy atom. The summed E-state index contributed by atoms with van der Waals surface area (Å²) in [5, 5.41) is 11.1. The van der Waals surface area contributed by atoms with Crippen LogP contribution in [0.1, 0.15) is 44.3 Å². The summed E-state index contributed by atoms with van der Waals surface area (Å²) in [6, 6.07) is 0. The van der Waals surface area contributed by atoms with Crippen molar-refractivity contribution in [2.75, 3.05) is 31.2 Å². The number of aromatic nitrogens is 2. The lowest BCUT2D eigenvalue weighted by atomic mass is 9.94. The van der Waals surface area contributed by atoms with Gasteiger partial charge in [-0.15, -0.1) is 0 Å². The highest BCUT2D eigenvalue weighted by Gasteiger charge is 2.25. The molecular formula is C18H29FN6O4. The number of rotatable bonds is 11. The standard InChI is InChI=1S/C18H29FN6O4/c1-12-20-16(15(19)17(21-12)24(2)29-3)22-23-18(27)14(10-25(28)11-26)9-8-13-6-4-5-7-13/h11,13-14,28H,4-10H2,1-3H3,(H,23,27)(H,20,21,22)/t14-/m1/s1. The molecule has 1 atom stereocenters. The molecule has 1 fully saturated rings. The summed E-state index contributed by atoms with van der Waals surface area (Å²) in [5.41, 5.74) is 4.90. The zero-order valence-electron chi connectivity index (χ0n) is 17.0. The third-order valence-corrected chi connectivity index (χ3v) is 5.12. The third-order valence-electron chi connectivity index (χ3n) is 5.12. The zero-order chi connectivity index (χ0) is 21.4. The van der Waals surface area contributed by atoms with Crippen molar-refractivity contribution >= 4 is 24.0 Å². The lowest BCUT2D eigenvalue weighted by molar-refractivity contribution is -0.154. The topological polar surface area (TPSA) is 120 Å². The molecule has 0 bridgehead atoms. The highest BCUT2D eigenvalue weighted by Crippen LogP contribution is 2.30. The first-order valence-electron chi connectivity index (χ1n) is 9.64. The molecule has 0 aromatic carbocycles. The summed E-state index contributed by atoms with van der Waals surface area (Å²) < 4.78 is 14.6. The summed E-state index contributed by atoms with van der Waals surface area (Å²) in [4.78, 5) is 36.3. The van der Waals surface area contributed by atoms with Crippen LogP contribution in [-0.4, -0.2) is 53.3 Å². The van der Waals surface area contributed by atoms with Gasteiger partial charge in [-0.25, -0.2) is 20.1 Å². The van der Waals surface area contributed by atoms with Crippen molar-refractivity contribution in [2.24, 2.45) is 11.8 Å². The van der Waals surface area contributed by atoms with Gasteiger partial charge in [-0.2, -0.15) is 4.39 Å². The van der Waals surface area contributed by atoms with Crippen LogP contribution in [-0.2, 0) is 14.4 Å². The second-order valence-corrected chi connectivity index (χ2v) is 7.20. The van der Waals surface area contributed by atoms with Gasteiger partial charge in [0, 0.05) is 7.05 Å². The molecule has 1 saturated carbocycles. The predicted octanol–water partition coefficient (Wildman–Crippen LogP) is 1.80.